The molecule has 0 spiro atoms. The van der Waals surface area contributed by atoms with Gasteiger partial charge in [0.1, 0.15) is 10.0 Å². The quantitative estimate of drug-likeness (QED) is 0.581. The number of hydrogen-bond acceptors (Lipinski definition) is 9. The van der Waals surface area contributed by atoms with Crippen molar-refractivity contribution in [1.29, 1.82) is 0 Å². The van der Waals surface area contributed by atoms with E-state index in [0.29, 0.717) is 20.9 Å². The van der Waals surface area contributed by atoms with Crippen molar-refractivity contribution in [1.82, 2.24) is 20.4 Å². The number of anilines is 2. The van der Waals surface area contributed by atoms with Crippen LogP contribution in [0.25, 0.3) is 0 Å². The van der Waals surface area contributed by atoms with Gasteiger partial charge in [-0.15, -0.1) is 31.7 Å². The minimum Gasteiger partial charge on any atom is -0.304 e. The van der Waals surface area contributed by atoms with E-state index in [1.165, 1.54) is 34.4 Å². The lowest BCUT2D eigenvalue weighted by Crippen LogP contribution is -2.14. The van der Waals surface area contributed by atoms with Crippen LogP contribution in [-0.2, 0) is 11.2 Å². The Labute approximate surface area is 161 Å². The van der Waals surface area contributed by atoms with Gasteiger partial charge >= 0.3 is 0 Å². The molecule has 11 heteroatoms. The summed E-state index contributed by atoms with van der Waals surface area (Å²) in [5.74, 6) is 0.123. The first-order valence-electron chi connectivity index (χ1n) is 7.57. The van der Waals surface area contributed by atoms with Crippen LogP contribution in [0.4, 0.5) is 10.9 Å². The molecule has 134 valence electrons. The highest BCUT2D eigenvalue weighted by Crippen LogP contribution is 2.19. The molecule has 0 aliphatic rings. The maximum absolute atomic E-state index is 11.9. The van der Waals surface area contributed by atoms with E-state index in [0.717, 1.165) is 11.4 Å². The third-order valence-electron chi connectivity index (χ3n) is 2.99. The Morgan fingerprint density at radius 2 is 2.00 bits per heavy atom. The predicted molar refractivity (Wildman–Crippen MR) is 103 cm³/mol. The minimum atomic E-state index is -0.224. The average molecular weight is 407 g/mol. The summed E-state index contributed by atoms with van der Waals surface area (Å²) in [4.78, 5) is 24.5. The molecule has 0 bridgehead atoms. The van der Waals surface area contributed by atoms with Crippen LogP contribution in [0.1, 0.15) is 21.6 Å². The fourth-order valence-electron chi connectivity index (χ4n) is 1.79. The molecule has 0 atom stereocenters. The molecule has 0 saturated carbocycles. The van der Waals surface area contributed by atoms with Crippen LogP contribution in [0, 0.1) is 0 Å². The van der Waals surface area contributed by atoms with Crippen LogP contribution in [0.2, 0.25) is 0 Å². The first-order chi connectivity index (χ1) is 12.6. The topological polar surface area (TPSA) is 110 Å². The number of hydrogen-bond donors (Lipinski definition) is 2. The summed E-state index contributed by atoms with van der Waals surface area (Å²) in [5.41, 5.74) is 0. The lowest BCUT2D eigenvalue weighted by molar-refractivity contribution is -0.113. The second-order valence-corrected chi connectivity index (χ2v) is 7.88. The molecule has 26 heavy (non-hydrogen) atoms. The molecule has 0 radical (unpaired) electrons. The number of nitrogens with one attached hydrogen (secondary N) is 2. The predicted octanol–water partition coefficient (Wildman–Crippen LogP) is 2.94. The summed E-state index contributed by atoms with van der Waals surface area (Å²) in [6.45, 7) is 1.98. The number of carbonyl (C=O) groups excluding carboxylic acids is 2. The van der Waals surface area contributed by atoms with E-state index in [4.69, 9.17) is 0 Å². The summed E-state index contributed by atoms with van der Waals surface area (Å²) in [6, 6.07) is 6.89. The normalized spacial score (nSPS) is 10.5. The van der Waals surface area contributed by atoms with Crippen LogP contribution in [0.3, 0.4) is 0 Å². The average Bonchev–Trinajstić information content (AvgIpc) is 3.33. The van der Waals surface area contributed by atoms with Gasteiger partial charge in [-0.05, 0) is 30.0 Å². The largest absolute Gasteiger partial charge is 0.304 e. The second kappa shape index (κ2) is 8.83. The summed E-state index contributed by atoms with van der Waals surface area (Å²) >= 11 is 3.96. The Balaban J connectivity index is 1.48. The number of aromatic nitrogens is 4. The molecular weight excluding hydrogens is 392 g/mol. The number of rotatable bonds is 7. The molecule has 0 fully saturated rings. The molecule has 0 aromatic carbocycles. The third-order valence-corrected chi connectivity index (χ3v) is 5.77. The Morgan fingerprint density at radius 1 is 1.12 bits per heavy atom. The highest BCUT2D eigenvalue weighted by molar-refractivity contribution is 7.99. The summed E-state index contributed by atoms with van der Waals surface area (Å²) < 4.78 is 0. The lowest BCUT2D eigenvalue weighted by Gasteiger charge is -2.03. The zero-order valence-electron chi connectivity index (χ0n) is 13.6. The highest BCUT2D eigenvalue weighted by atomic mass is 32.2. The number of thioether (sulfide) groups is 1. The molecule has 3 aromatic rings. The monoisotopic (exact) mass is 406 g/mol. The fraction of sp³-hybridized carbons (Fsp3) is 0.200. The van der Waals surface area contributed by atoms with Crippen molar-refractivity contribution >= 4 is 57.2 Å². The smallest absolute Gasteiger partial charge is 0.266 e. The molecule has 0 saturated heterocycles. The van der Waals surface area contributed by atoms with E-state index < -0.39 is 0 Å². The third kappa shape index (κ3) is 5.07. The fourth-order valence-corrected chi connectivity index (χ4v) is 3.72. The van der Waals surface area contributed by atoms with Crippen molar-refractivity contribution in [3.05, 3.63) is 39.5 Å². The summed E-state index contributed by atoms with van der Waals surface area (Å²) in [6.07, 6.45) is 0.785. The van der Waals surface area contributed by atoms with E-state index in [2.05, 4.69) is 31.0 Å². The van der Waals surface area contributed by atoms with Gasteiger partial charge in [-0.25, -0.2) is 0 Å². The highest BCUT2D eigenvalue weighted by Gasteiger charge is 2.10. The van der Waals surface area contributed by atoms with Crippen molar-refractivity contribution in [2.75, 3.05) is 16.4 Å². The van der Waals surface area contributed by atoms with E-state index in [9.17, 15) is 9.59 Å². The van der Waals surface area contributed by atoms with Gasteiger partial charge in [0.25, 0.3) is 5.91 Å². The first-order valence-corrected chi connectivity index (χ1v) is 10.3. The molecule has 2 N–H and O–H groups in total. The molecule has 3 rings (SSSR count). The van der Waals surface area contributed by atoms with Gasteiger partial charge in [0.15, 0.2) is 5.82 Å². The van der Waals surface area contributed by atoms with Gasteiger partial charge < -0.3 is 5.32 Å². The Morgan fingerprint density at radius 3 is 2.65 bits per heavy atom. The molecule has 0 unspecified atom stereocenters. The maximum atomic E-state index is 11.9. The molecule has 2 amide bonds. The molecule has 0 aliphatic carbocycles. The van der Waals surface area contributed by atoms with Gasteiger partial charge in [0.2, 0.25) is 11.0 Å². The van der Waals surface area contributed by atoms with Crippen molar-refractivity contribution in [2.24, 2.45) is 0 Å². The van der Waals surface area contributed by atoms with Crippen LogP contribution >= 0.6 is 34.4 Å². The maximum Gasteiger partial charge on any atom is 0.266 e. The van der Waals surface area contributed by atoms with E-state index >= 15 is 0 Å². The van der Waals surface area contributed by atoms with Crippen LogP contribution < -0.4 is 10.6 Å². The zero-order chi connectivity index (χ0) is 18.4. The summed E-state index contributed by atoms with van der Waals surface area (Å²) in [7, 11) is 0. The van der Waals surface area contributed by atoms with Crippen molar-refractivity contribution < 1.29 is 9.59 Å². The molecular formula is C15H14N6O2S3. The molecule has 0 aliphatic heterocycles. The van der Waals surface area contributed by atoms with Gasteiger partial charge in [0, 0.05) is 0 Å². The Kier molecular flexibility index (Phi) is 6.26. The van der Waals surface area contributed by atoms with Crippen molar-refractivity contribution in [3.63, 3.8) is 0 Å². The standard InChI is InChI=1S/C15H14N6O2S3/c1-2-12-19-21-15(26-12)17-11(22)8-25-13-6-5-10(18-20-13)16-14(23)9-4-3-7-24-9/h3-7H,2,8H2,1H3,(H,16,18,23)(H,17,21,22). The molecule has 8 nitrogen and oxygen atoms in total. The summed E-state index contributed by atoms with van der Waals surface area (Å²) in [5, 5.41) is 25.0. The number of thiophene rings is 1. The van der Waals surface area contributed by atoms with Crippen molar-refractivity contribution in [3.8, 4) is 0 Å². The molecule has 3 heterocycles. The van der Waals surface area contributed by atoms with E-state index in [1.807, 2.05) is 12.3 Å². The zero-order valence-corrected chi connectivity index (χ0v) is 16.1. The lowest BCUT2D eigenvalue weighted by atomic mass is 10.4. The van der Waals surface area contributed by atoms with Crippen LogP contribution in [0.5, 0.6) is 0 Å². The number of nitrogens with zero attached hydrogens (tertiary/aromatic N) is 4. The van der Waals surface area contributed by atoms with E-state index in [1.54, 1.807) is 24.3 Å². The van der Waals surface area contributed by atoms with Crippen LogP contribution in [-0.4, -0.2) is 38.0 Å². The van der Waals surface area contributed by atoms with Gasteiger partial charge in [-0.3, -0.25) is 14.9 Å². The number of aryl methyl sites for hydroxylation is 1. The molecule has 3 aromatic heterocycles. The second-order valence-electron chi connectivity index (χ2n) is 4.88. The van der Waals surface area contributed by atoms with E-state index in [-0.39, 0.29) is 17.6 Å². The van der Waals surface area contributed by atoms with Crippen LogP contribution in [0.15, 0.2) is 34.7 Å². The SMILES string of the molecule is CCc1nnc(NC(=O)CSc2ccc(NC(=O)c3cccs3)nn2)s1. The van der Waals surface area contributed by atoms with Gasteiger partial charge in [-0.1, -0.05) is 36.1 Å². The van der Waals surface area contributed by atoms with Gasteiger partial charge in [-0.2, -0.15) is 0 Å². The Hall–Kier alpha value is -2.37. The first kappa shape index (κ1) is 18.4. The Bertz CT molecular complexity index is 879. The van der Waals surface area contributed by atoms with Crippen molar-refractivity contribution in [2.45, 2.75) is 18.4 Å². The minimum absolute atomic E-state index is 0.177. The van der Waals surface area contributed by atoms with Gasteiger partial charge in [0.05, 0.1) is 10.6 Å². The number of amides is 2. The number of carbonyl (C=O) groups is 2.